The molecule has 2 aliphatic rings. The van der Waals surface area contributed by atoms with E-state index in [9.17, 15) is 0 Å². The van der Waals surface area contributed by atoms with Crippen molar-refractivity contribution in [2.75, 3.05) is 9.80 Å². The highest BCUT2D eigenvalue weighted by Gasteiger charge is 2.48. The lowest BCUT2D eigenvalue weighted by atomic mass is 9.33. The summed E-state index contributed by atoms with van der Waals surface area (Å²) in [7, 11) is -6.39. The Balaban J connectivity index is 0.813. The van der Waals surface area contributed by atoms with Gasteiger partial charge in [0.2, 0.25) is 0 Å². The summed E-state index contributed by atoms with van der Waals surface area (Å²) < 4.78 is 7.61. The molecular formula is C130H110BN5Si2. The number of benzene rings is 19. The minimum Gasteiger partial charge on any atom is -0.311 e. The van der Waals surface area contributed by atoms with Crippen molar-refractivity contribution < 1.29 is 0 Å². The third-order valence-corrected chi connectivity index (χ3v) is 39.6. The van der Waals surface area contributed by atoms with Gasteiger partial charge < -0.3 is 23.5 Å². The van der Waals surface area contributed by atoms with E-state index in [4.69, 9.17) is 0 Å². The van der Waals surface area contributed by atoms with Gasteiger partial charge in [-0.15, -0.1) is 0 Å². The summed E-state index contributed by atoms with van der Waals surface area (Å²) >= 11 is 0. The Labute approximate surface area is 813 Å². The largest absolute Gasteiger partial charge is 0.311 e. The summed E-state index contributed by atoms with van der Waals surface area (Å²) in [5, 5.41) is 17.9. The highest BCUT2D eigenvalue weighted by atomic mass is 28.3. The van der Waals surface area contributed by atoms with Gasteiger partial charge in [-0.25, -0.2) is 0 Å². The van der Waals surface area contributed by atoms with Gasteiger partial charge in [0.15, 0.2) is 16.1 Å². The molecule has 22 aromatic rings. The zero-order chi connectivity index (χ0) is 93.9. The molecule has 5 nitrogen and oxygen atoms in total. The fourth-order valence-electron chi connectivity index (χ4n) is 23.2. The maximum absolute atomic E-state index is 3.20. The average molecular weight is 1810 g/mol. The molecule has 0 saturated carbocycles. The highest BCUT2D eigenvalue weighted by molar-refractivity contribution is 7.20. The van der Waals surface area contributed by atoms with Crippen LogP contribution in [0.1, 0.15) is 105 Å². The van der Waals surface area contributed by atoms with Gasteiger partial charge in [0.1, 0.15) is 0 Å². The number of rotatable bonds is 15. The van der Waals surface area contributed by atoms with Crippen molar-refractivity contribution in [2.45, 2.75) is 105 Å². The summed E-state index contributed by atoms with van der Waals surface area (Å²) in [4.78, 5) is 5.38. The number of anilines is 6. The summed E-state index contributed by atoms with van der Waals surface area (Å²) in [6.45, 7) is 27.6. The van der Waals surface area contributed by atoms with Gasteiger partial charge in [0.05, 0.1) is 38.8 Å². The van der Waals surface area contributed by atoms with E-state index in [1.54, 1.807) is 0 Å². The molecule has 666 valence electrons. The SMILES string of the molecule is CC(C)(C)c1ccc2c(c1)c1cc(C(C)(C)C)ccc1n2-c1cccc(-c2ccc3c(c2)B2c4cc(-c5cccc(-n6c7ccc(C(C)(C)C)cc7c7cc(C(C)(C)C)ccc76)c5)ccc4N(c4cccc([Si](c5ccccc5)(c5ccccc5)c5ccccc5)c4)c4cc(-n5c6ccccc6c6ccccc65)cc(c42)N3c2cccc([Si](c3ccccc3)(c3ccccc3)c3ccccc3)c2)c1. The molecule has 0 N–H and O–H groups in total. The number of fused-ring (bicyclic) bond motifs is 13. The smallest absolute Gasteiger partial charge is 0.252 e. The Kier molecular flexibility index (Phi) is 20.3. The van der Waals surface area contributed by atoms with Crippen LogP contribution >= 0.6 is 0 Å². The Morgan fingerprint density at radius 1 is 0.181 bits per heavy atom. The van der Waals surface area contributed by atoms with Crippen LogP contribution in [0.5, 0.6) is 0 Å². The van der Waals surface area contributed by atoms with Gasteiger partial charge >= 0.3 is 0 Å². The van der Waals surface area contributed by atoms with E-state index in [2.05, 4.69) is 555 Å². The van der Waals surface area contributed by atoms with Crippen molar-refractivity contribution in [3.8, 4) is 39.3 Å². The highest BCUT2D eigenvalue weighted by Crippen LogP contribution is 2.50. The molecule has 8 heteroatoms. The van der Waals surface area contributed by atoms with Crippen molar-refractivity contribution in [1.82, 2.24) is 13.7 Å². The van der Waals surface area contributed by atoms with Crippen LogP contribution in [0, 0.1) is 0 Å². The second-order valence-electron chi connectivity index (χ2n) is 42.4. The maximum atomic E-state index is 2.69. The predicted molar refractivity (Wildman–Crippen MR) is 596 cm³/mol. The Hall–Kier alpha value is -15.3. The van der Waals surface area contributed by atoms with E-state index in [0.29, 0.717) is 0 Å². The quantitative estimate of drug-likeness (QED) is 0.0753. The number of nitrogens with zero attached hydrogens (tertiary/aromatic N) is 5. The molecule has 2 aliphatic heterocycles. The Bertz CT molecular complexity index is 7730. The minimum atomic E-state index is -3.20. The van der Waals surface area contributed by atoms with E-state index >= 15 is 0 Å². The second-order valence-corrected chi connectivity index (χ2v) is 50.0. The van der Waals surface area contributed by atoms with Crippen molar-refractivity contribution in [2.24, 2.45) is 0 Å². The van der Waals surface area contributed by atoms with Gasteiger partial charge in [0.25, 0.3) is 6.71 Å². The summed E-state index contributed by atoms with van der Waals surface area (Å²) in [5.41, 5.74) is 30.1. The van der Waals surface area contributed by atoms with Crippen LogP contribution in [0.25, 0.3) is 105 Å². The molecule has 3 aromatic heterocycles. The van der Waals surface area contributed by atoms with Gasteiger partial charge in [-0.2, -0.15) is 0 Å². The van der Waals surface area contributed by atoms with Crippen LogP contribution in [-0.4, -0.2) is 36.6 Å². The molecular weight excluding hydrogens is 1700 g/mol. The lowest BCUT2D eigenvalue weighted by Crippen LogP contribution is -2.74. The summed E-state index contributed by atoms with van der Waals surface area (Å²) in [6, 6.07) is 174. The van der Waals surface area contributed by atoms with Crippen LogP contribution in [0.2, 0.25) is 0 Å². The predicted octanol–water partition coefficient (Wildman–Crippen LogP) is 26.3. The van der Waals surface area contributed by atoms with Crippen molar-refractivity contribution >= 4 is 180 Å². The topological polar surface area (TPSA) is 21.3 Å². The average Bonchev–Trinajstić information content (AvgIpc) is 0.808. The molecule has 0 radical (unpaired) electrons. The fraction of sp³-hybridized carbons (Fsp3) is 0.123. The second kappa shape index (κ2) is 32.7. The molecule has 19 aromatic carbocycles. The maximum Gasteiger partial charge on any atom is 0.252 e. The summed E-state index contributed by atoms with van der Waals surface area (Å²) in [5.74, 6) is 0. The molecule has 0 saturated heterocycles. The normalized spacial score (nSPS) is 13.0. The van der Waals surface area contributed by atoms with Crippen LogP contribution in [0.3, 0.4) is 0 Å². The Morgan fingerprint density at radius 2 is 0.442 bits per heavy atom. The molecule has 0 aliphatic carbocycles. The third-order valence-electron chi connectivity index (χ3n) is 30.1. The van der Waals surface area contributed by atoms with E-state index in [1.807, 2.05) is 0 Å². The lowest BCUT2D eigenvalue weighted by Gasteiger charge is -2.45. The molecule has 0 atom stereocenters. The first-order chi connectivity index (χ1) is 67.0. The molecule has 0 spiro atoms. The molecule has 138 heavy (non-hydrogen) atoms. The number of hydrogen-bond acceptors (Lipinski definition) is 2. The first-order valence-corrected chi connectivity index (χ1v) is 53.0. The monoisotopic (exact) mass is 1810 g/mol. The molecule has 24 rings (SSSR count). The first-order valence-electron chi connectivity index (χ1n) is 49.0. The first kappa shape index (κ1) is 85.6. The van der Waals surface area contributed by atoms with Gasteiger partial charge in [0, 0.05) is 77.8 Å². The van der Waals surface area contributed by atoms with Crippen molar-refractivity contribution in [1.29, 1.82) is 0 Å². The minimum absolute atomic E-state index is 0.0521. The van der Waals surface area contributed by atoms with Crippen LogP contribution in [0.4, 0.5) is 34.1 Å². The summed E-state index contributed by atoms with van der Waals surface area (Å²) in [6.07, 6.45) is 0. The lowest BCUT2D eigenvalue weighted by molar-refractivity contribution is 0.590. The van der Waals surface area contributed by atoms with E-state index in [0.717, 1.165) is 84.5 Å². The molecule has 0 unspecified atom stereocenters. The number of para-hydroxylation sites is 2. The molecule has 0 fully saturated rings. The fourth-order valence-corrected chi connectivity index (χ4v) is 32.8. The van der Waals surface area contributed by atoms with Crippen LogP contribution in [0.15, 0.2) is 449 Å². The zero-order valence-electron chi connectivity index (χ0n) is 80.5. The van der Waals surface area contributed by atoms with Crippen LogP contribution < -0.4 is 67.7 Å². The standard InChI is InChI=1S/C130H110BN5Si2/c1-127(2,3)91-65-71-118-110(79-91)111-80-92(128(4,5)6)66-72-119(111)132(118)95-41-35-39-87(75-95)89-63-69-122-114(77-89)131-115-78-90(88-40-36-42-96(76-88)133-120-73-67-93(129(7,8)9)81-112(120)113-82-94(130(10,11)12)68-74-121(113)133)64-70-123(115)135(98-44-38-58-107(84-98)138(103-51-25-16-26-52-103,104-53-27-17-28-54-104)105-55-29-18-30-56-105)125-86-99(136-116-61-33-31-59-108(116)109-60-32-34-62-117(109)136)85-124(126(125)131)134(122)97-43-37-57-106(83-97)137(100-45-19-13-20-46-100,101-47-21-14-22-48-101)102-49-23-15-24-50-102/h13-86H,1-12H3. The van der Waals surface area contributed by atoms with E-state index in [1.165, 1.54) is 135 Å². The van der Waals surface area contributed by atoms with Gasteiger partial charge in [-0.3, -0.25) is 0 Å². The van der Waals surface area contributed by atoms with Crippen molar-refractivity contribution in [3.05, 3.63) is 471 Å². The third kappa shape index (κ3) is 13.9. The zero-order valence-corrected chi connectivity index (χ0v) is 82.5. The number of aromatic nitrogens is 3. The molecule has 5 heterocycles. The number of hydrogen-bond donors (Lipinski definition) is 0. The molecule has 0 amide bonds. The van der Waals surface area contributed by atoms with Gasteiger partial charge in [-0.05, 0) is 258 Å². The van der Waals surface area contributed by atoms with Crippen molar-refractivity contribution in [3.63, 3.8) is 0 Å². The van der Waals surface area contributed by atoms with Crippen LogP contribution in [-0.2, 0) is 21.7 Å². The Morgan fingerprint density at radius 3 is 0.754 bits per heavy atom. The van der Waals surface area contributed by atoms with Gasteiger partial charge in [-0.1, -0.05) is 399 Å². The van der Waals surface area contributed by atoms with E-state index < -0.39 is 16.1 Å². The molecule has 0 bridgehead atoms. The van der Waals surface area contributed by atoms with E-state index in [-0.39, 0.29) is 28.4 Å².